The van der Waals surface area contributed by atoms with E-state index in [2.05, 4.69) is 62.0 Å². The second kappa shape index (κ2) is 6.08. The number of hydrogen-bond donors (Lipinski definition) is 2. The maximum Gasteiger partial charge on any atom is 0.154 e. The molecule has 1 aromatic heterocycles. The van der Waals surface area contributed by atoms with Crippen LogP contribution in [-0.4, -0.2) is 39.5 Å². The van der Waals surface area contributed by atoms with Gasteiger partial charge in [-0.3, -0.25) is 0 Å². The van der Waals surface area contributed by atoms with E-state index in [1.165, 1.54) is 22.4 Å². The van der Waals surface area contributed by atoms with Crippen molar-refractivity contribution in [3.05, 3.63) is 34.7 Å². The fourth-order valence-corrected chi connectivity index (χ4v) is 4.23. The van der Waals surface area contributed by atoms with Crippen molar-refractivity contribution in [2.75, 3.05) is 19.6 Å². The molecule has 4 rings (SSSR count). The van der Waals surface area contributed by atoms with Crippen LogP contribution in [0.15, 0.2) is 17.7 Å². The fourth-order valence-electron chi connectivity index (χ4n) is 4.07. The van der Waals surface area contributed by atoms with E-state index in [1.807, 2.05) is 0 Å². The summed E-state index contributed by atoms with van der Waals surface area (Å²) < 4.78 is 0. The molecule has 2 aliphatic heterocycles. The van der Waals surface area contributed by atoms with Crippen LogP contribution in [0.1, 0.15) is 44.1 Å². The number of nitrogens with one attached hydrogen (secondary N) is 2. The zero-order chi connectivity index (χ0) is 18.6. The third-order valence-corrected chi connectivity index (χ3v) is 6.56. The fraction of sp³-hybridized carbons (Fsp3) is 0.524. The molecule has 3 heterocycles. The molecule has 1 fully saturated rings. The number of hydrogen-bond acceptors (Lipinski definition) is 3. The Morgan fingerprint density at radius 2 is 1.96 bits per heavy atom. The maximum absolute atomic E-state index is 5.73. The van der Waals surface area contributed by atoms with Gasteiger partial charge in [0.15, 0.2) is 5.82 Å². The highest BCUT2D eigenvalue weighted by molar-refractivity contribution is 7.80. The van der Waals surface area contributed by atoms with Gasteiger partial charge in [0.05, 0.1) is 21.7 Å². The summed E-state index contributed by atoms with van der Waals surface area (Å²) in [6.07, 6.45) is 1.05. The number of piperidine rings is 1. The molecule has 1 atom stereocenters. The van der Waals surface area contributed by atoms with Crippen molar-refractivity contribution in [3.63, 3.8) is 0 Å². The van der Waals surface area contributed by atoms with Crippen LogP contribution in [-0.2, 0) is 0 Å². The summed E-state index contributed by atoms with van der Waals surface area (Å²) in [6.45, 7) is 13.9. The molecule has 2 aliphatic rings. The van der Waals surface area contributed by atoms with Gasteiger partial charge in [0, 0.05) is 31.0 Å². The van der Waals surface area contributed by atoms with Crippen molar-refractivity contribution in [1.29, 1.82) is 0 Å². The Bertz CT molecular complexity index is 877. The molecular formula is C21H28N4S. The van der Waals surface area contributed by atoms with Gasteiger partial charge in [-0.15, -0.1) is 0 Å². The standard InChI is InChI=1S/C21H28N4S/c1-12-8-16-17(9-13(12)2)24-19(23-16)18-15-6-7-25(11-14(15)10-22-18)20(26)21(3,4)5/h8-9,14,22H,6-7,10-11H2,1-5H3,(H,23,24). The van der Waals surface area contributed by atoms with E-state index in [0.29, 0.717) is 5.92 Å². The van der Waals surface area contributed by atoms with Gasteiger partial charge >= 0.3 is 0 Å². The Hall–Kier alpha value is -1.88. The molecule has 1 aromatic carbocycles. The minimum atomic E-state index is 0.0554. The Morgan fingerprint density at radius 3 is 2.69 bits per heavy atom. The van der Waals surface area contributed by atoms with Crippen LogP contribution in [0.4, 0.5) is 0 Å². The first-order valence-electron chi connectivity index (χ1n) is 9.47. The second-order valence-corrected chi connectivity index (χ2v) is 9.15. The van der Waals surface area contributed by atoms with Crippen molar-refractivity contribution in [2.24, 2.45) is 11.3 Å². The molecule has 1 unspecified atom stereocenters. The zero-order valence-corrected chi connectivity index (χ0v) is 17.2. The first-order valence-corrected chi connectivity index (χ1v) is 9.88. The number of rotatable bonds is 1. The third-order valence-electron chi connectivity index (χ3n) is 5.69. The van der Waals surface area contributed by atoms with Gasteiger partial charge in [-0.1, -0.05) is 33.0 Å². The monoisotopic (exact) mass is 368 g/mol. The largest absolute Gasteiger partial charge is 0.381 e. The van der Waals surface area contributed by atoms with E-state index in [0.717, 1.165) is 47.9 Å². The average Bonchev–Trinajstić information content (AvgIpc) is 3.16. The smallest absolute Gasteiger partial charge is 0.154 e. The van der Waals surface area contributed by atoms with E-state index < -0.39 is 0 Å². The molecule has 0 radical (unpaired) electrons. The summed E-state index contributed by atoms with van der Waals surface area (Å²) in [4.78, 5) is 11.9. The number of thiocarbonyl (C=S) groups is 1. The first kappa shape index (κ1) is 17.5. The highest BCUT2D eigenvalue weighted by Gasteiger charge is 2.35. The van der Waals surface area contributed by atoms with E-state index in [-0.39, 0.29) is 5.41 Å². The van der Waals surface area contributed by atoms with Gasteiger partial charge in [-0.2, -0.15) is 0 Å². The molecule has 26 heavy (non-hydrogen) atoms. The lowest BCUT2D eigenvalue weighted by molar-refractivity contribution is 0.307. The lowest BCUT2D eigenvalue weighted by Gasteiger charge is -2.38. The number of nitrogens with zero attached hydrogens (tertiary/aromatic N) is 2. The van der Waals surface area contributed by atoms with Crippen LogP contribution in [0, 0.1) is 25.2 Å². The highest BCUT2D eigenvalue weighted by atomic mass is 32.1. The zero-order valence-electron chi connectivity index (χ0n) is 16.4. The van der Waals surface area contributed by atoms with Crippen molar-refractivity contribution >= 4 is 33.9 Å². The van der Waals surface area contributed by atoms with Crippen molar-refractivity contribution < 1.29 is 0 Å². The summed E-state index contributed by atoms with van der Waals surface area (Å²) in [5.41, 5.74) is 7.52. The van der Waals surface area contributed by atoms with Gasteiger partial charge in [-0.25, -0.2) is 4.98 Å². The number of fused-ring (bicyclic) bond motifs is 2. The minimum absolute atomic E-state index is 0.0554. The Balaban J connectivity index is 1.62. The predicted molar refractivity (Wildman–Crippen MR) is 112 cm³/mol. The van der Waals surface area contributed by atoms with Crippen molar-refractivity contribution in [1.82, 2.24) is 20.2 Å². The van der Waals surface area contributed by atoms with Gasteiger partial charge in [0.1, 0.15) is 0 Å². The molecule has 0 saturated carbocycles. The van der Waals surface area contributed by atoms with Crippen molar-refractivity contribution in [3.8, 4) is 0 Å². The quantitative estimate of drug-likeness (QED) is 0.741. The van der Waals surface area contributed by atoms with Crippen LogP contribution in [0.5, 0.6) is 0 Å². The second-order valence-electron chi connectivity index (χ2n) is 8.77. The molecule has 2 N–H and O–H groups in total. The van der Waals surface area contributed by atoms with Gasteiger partial charge in [0.25, 0.3) is 0 Å². The summed E-state index contributed by atoms with van der Waals surface area (Å²) in [5.74, 6) is 1.50. The minimum Gasteiger partial charge on any atom is -0.381 e. The molecule has 5 heteroatoms. The SMILES string of the molecule is Cc1cc2nc(C3=C4CCN(C(=S)C(C)(C)C)CC4CN3)[nH]c2cc1C. The maximum atomic E-state index is 5.73. The summed E-state index contributed by atoms with van der Waals surface area (Å²) in [5, 5.41) is 3.62. The van der Waals surface area contributed by atoms with Crippen LogP contribution < -0.4 is 5.32 Å². The molecule has 0 aliphatic carbocycles. The number of aromatic nitrogens is 2. The number of aromatic amines is 1. The average molecular weight is 369 g/mol. The lowest BCUT2D eigenvalue weighted by Crippen LogP contribution is -2.45. The number of imidazole rings is 1. The number of H-pyrrole nitrogens is 1. The summed E-state index contributed by atoms with van der Waals surface area (Å²) in [7, 11) is 0. The molecule has 2 aromatic rings. The molecule has 0 spiro atoms. The number of likely N-dealkylation sites (tertiary alicyclic amines) is 1. The highest BCUT2D eigenvalue weighted by Crippen LogP contribution is 2.35. The third kappa shape index (κ3) is 2.92. The van der Waals surface area contributed by atoms with Gasteiger partial charge < -0.3 is 15.2 Å². The molecule has 0 amide bonds. The summed E-state index contributed by atoms with van der Waals surface area (Å²) in [6, 6.07) is 4.37. The van der Waals surface area contributed by atoms with Crippen LogP contribution in [0.25, 0.3) is 16.7 Å². The van der Waals surface area contributed by atoms with Crippen LogP contribution >= 0.6 is 12.2 Å². The Morgan fingerprint density at radius 1 is 1.23 bits per heavy atom. The van der Waals surface area contributed by atoms with Gasteiger partial charge in [0.2, 0.25) is 0 Å². The van der Waals surface area contributed by atoms with Crippen molar-refractivity contribution in [2.45, 2.75) is 41.0 Å². The van der Waals surface area contributed by atoms with E-state index >= 15 is 0 Å². The van der Waals surface area contributed by atoms with Crippen LogP contribution in [0.3, 0.4) is 0 Å². The Labute approximate surface area is 161 Å². The number of benzene rings is 1. The van der Waals surface area contributed by atoms with Crippen LogP contribution in [0.2, 0.25) is 0 Å². The number of aryl methyl sites for hydroxylation is 2. The topological polar surface area (TPSA) is 44.0 Å². The van der Waals surface area contributed by atoms with E-state index in [9.17, 15) is 0 Å². The van der Waals surface area contributed by atoms with Gasteiger partial charge in [-0.05, 0) is 49.1 Å². The Kier molecular flexibility index (Phi) is 4.10. The molecule has 1 saturated heterocycles. The summed E-state index contributed by atoms with van der Waals surface area (Å²) >= 11 is 5.73. The lowest BCUT2D eigenvalue weighted by atomic mass is 9.89. The molecular weight excluding hydrogens is 340 g/mol. The first-order chi connectivity index (χ1) is 12.2. The predicted octanol–water partition coefficient (Wildman–Crippen LogP) is 4.19. The normalized spacial score (nSPS) is 20.5. The molecule has 4 nitrogen and oxygen atoms in total. The van der Waals surface area contributed by atoms with E-state index in [1.54, 1.807) is 0 Å². The molecule has 0 bridgehead atoms. The van der Waals surface area contributed by atoms with E-state index in [4.69, 9.17) is 17.2 Å². The molecule has 138 valence electrons.